The molecule has 180 valence electrons. The summed E-state index contributed by atoms with van der Waals surface area (Å²) < 4.78 is 5.62. The lowest BCUT2D eigenvalue weighted by molar-refractivity contribution is -0.151. The summed E-state index contributed by atoms with van der Waals surface area (Å²) in [6, 6.07) is 14.5. The molecule has 2 aromatic rings. The zero-order valence-corrected chi connectivity index (χ0v) is 19.7. The van der Waals surface area contributed by atoms with Gasteiger partial charge in [0.1, 0.15) is 18.7 Å². The number of carbonyl (C=O) groups is 3. The van der Waals surface area contributed by atoms with E-state index in [2.05, 4.69) is 17.4 Å². The van der Waals surface area contributed by atoms with E-state index in [0.29, 0.717) is 13.0 Å². The molecule has 0 bridgehead atoms. The number of aliphatic carboxylic acids is 1. The average Bonchev–Trinajstić information content (AvgIpc) is 2.96. The Morgan fingerprint density at radius 2 is 1.62 bits per heavy atom. The van der Waals surface area contributed by atoms with Crippen molar-refractivity contribution in [2.24, 2.45) is 5.92 Å². The smallest absolute Gasteiger partial charge is 0.407 e. The van der Waals surface area contributed by atoms with E-state index in [1.807, 2.05) is 50.2 Å². The Kier molecular flexibility index (Phi) is 7.20. The van der Waals surface area contributed by atoms with Gasteiger partial charge in [0.25, 0.3) is 0 Å². The van der Waals surface area contributed by atoms with Crippen LogP contribution in [0.4, 0.5) is 4.79 Å². The van der Waals surface area contributed by atoms with Gasteiger partial charge in [-0.25, -0.2) is 9.59 Å². The first kappa shape index (κ1) is 23.8. The van der Waals surface area contributed by atoms with Gasteiger partial charge in [-0.1, -0.05) is 75.2 Å². The normalized spacial score (nSPS) is 18.6. The van der Waals surface area contributed by atoms with Crippen LogP contribution in [0, 0.1) is 5.92 Å². The summed E-state index contributed by atoms with van der Waals surface area (Å²) in [5, 5.41) is 12.4. The number of alkyl carbamates (subject to hydrolysis) is 1. The number of likely N-dealkylation sites (tertiary alicyclic amines) is 1. The van der Waals surface area contributed by atoms with Gasteiger partial charge in [0.05, 0.1) is 0 Å². The number of hydrogen-bond donors (Lipinski definition) is 2. The fourth-order valence-corrected chi connectivity index (χ4v) is 5.09. The number of amides is 2. The van der Waals surface area contributed by atoms with E-state index in [4.69, 9.17) is 4.74 Å². The Morgan fingerprint density at radius 1 is 1.00 bits per heavy atom. The van der Waals surface area contributed by atoms with E-state index in [-0.39, 0.29) is 24.3 Å². The minimum Gasteiger partial charge on any atom is -0.480 e. The van der Waals surface area contributed by atoms with Crippen LogP contribution in [0.3, 0.4) is 0 Å². The maximum atomic E-state index is 13.3. The van der Waals surface area contributed by atoms with Crippen molar-refractivity contribution in [1.82, 2.24) is 10.2 Å². The Bertz CT molecular complexity index is 1020. The summed E-state index contributed by atoms with van der Waals surface area (Å²) in [5.41, 5.74) is 4.51. The van der Waals surface area contributed by atoms with Gasteiger partial charge in [0, 0.05) is 12.5 Å². The predicted molar refractivity (Wildman–Crippen MR) is 128 cm³/mol. The lowest BCUT2D eigenvalue weighted by atomic mass is 9.98. The van der Waals surface area contributed by atoms with Crippen LogP contribution < -0.4 is 5.32 Å². The molecule has 1 saturated heterocycles. The van der Waals surface area contributed by atoms with Crippen LogP contribution in [0.15, 0.2) is 48.5 Å². The van der Waals surface area contributed by atoms with Gasteiger partial charge < -0.3 is 20.1 Å². The molecule has 0 spiro atoms. The molecule has 1 unspecified atom stereocenters. The number of nitrogens with one attached hydrogen (secondary N) is 1. The number of carbonyl (C=O) groups excluding carboxylic acids is 2. The first-order valence-electron chi connectivity index (χ1n) is 12.0. The highest BCUT2D eigenvalue weighted by molar-refractivity contribution is 5.89. The van der Waals surface area contributed by atoms with Crippen molar-refractivity contribution in [3.8, 4) is 11.1 Å². The van der Waals surface area contributed by atoms with Crippen LogP contribution in [0.25, 0.3) is 11.1 Å². The van der Waals surface area contributed by atoms with Crippen molar-refractivity contribution in [1.29, 1.82) is 0 Å². The summed E-state index contributed by atoms with van der Waals surface area (Å²) in [7, 11) is 0. The molecule has 1 aliphatic carbocycles. The van der Waals surface area contributed by atoms with E-state index in [1.165, 1.54) is 4.90 Å². The monoisotopic (exact) mass is 464 g/mol. The van der Waals surface area contributed by atoms with Crippen LogP contribution in [0.5, 0.6) is 0 Å². The molecule has 7 nitrogen and oxygen atoms in total. The first-order chi connectivity index (χ1) is 16.4. The van der Waals surface area contributed by atoms with Crippen LogP contribution in [-0.4, -0.2) is 53.2 Å². The van der Waals surface area contributed by atoms with E-state index in [0.717, 1.165) is 41.5 Å². The summed E-state index contributed by atoms with van der Waals surface area (Å²) in [5.74, 6) is -1.66. The van der Waals surface area contributed by atoms with Crippen LogP contribution >= 0.6 is 0 Å². The zero-order chi connectivity index (χ0) is 24.2. The molecule has 2 aliphatic rings. The van der Waals surface area contributed by atoms with Gasteiger partial charge >= 0.3 is 12.1 Å². The van der Waals surface area contributed by atoms with E-state index in [1.54, 1.807) is 0 Å². The summed E-state index contributed by atoms with van der Waals surface area (Å²) in [4.78, 5) is 39.3. The Hall–Kier alpha value is -3.35. The van der Waals surface area contributed by atoms with Crippen molar-refractivity contribution < 1.29 is 24.2 Å². The number of carboxylic acid groups (broad SMARTS) is 1. The molecular formula is C27H32N2O5. The number of hydrogen-bond acceptors (Lipinski definition) is 4. The zero-order valence-electron chi connectivity index (χ0n) is 19.7. The third kappa shape index (κ3) is 4.79. The maximum absolute atomic E-state index is 13.3. The Labute approximate surface area is 200 Å². The molecule has 0 saturated carbocycles. The van der Waals surface area contributed by atoms with Gasteiger partial charge in [-0.3, -0.25) is 4.79 Å². The molecule has 1 heterocycles. The number of ether oxygens (including phenoxy) is 1. The molecule has 7 heteroatoms. The number of rotatable bonds is 6. The molecule has 2 N–H and O–H groups in total. The Balaban J connectivity index is 1.45. The molecule has 0 aromatic heterocycles. The van der Waals surface area contributed by atoms with E-state index >= 15 is 0 Å². The predicted octanol–water partition coefficient (Wildman–Crippen LogP) is 4.41. The number of fused-ring (bicyclic) bond motifs is 3. The standard InChI is InChI=1S/C27H32N2O5/c1-17(2)24(25(30)29-15-9-3-4-14-23(29)26(31)32)28-27(33)34-16-22-20-12-7-5-10-18(20)19-11-6-8-13-21(19)22/h5-8,10-13,17,22-24H,3-4,9,14-16H2,1-2H3,(H,28,33)(H,31,32)/t23?,24-/m0/s1. The van der Waals surface area contributed by atoms with Crippen molar-refractivity contribution in [2.45, 2.75) is 57.5 Å². The summed E-state index contributed by atoms with van der Waals surface area (Å²) in [6.07, 6.45) is 2.17. The quantitative estimate of drug-likeness (QED) is 0.660. The second-order valence-corrected chi connectivity index (χ2v) is 9.43. The molecule has 1 aliphatic heterocycles. The average molecular weight is 465 g/mol. The number of nitrogens with zero attached hydrogens (tertiary/aromatic N) is 1. The highest BCUT2D eigenvalue weighted by Gasteiger charge is 2.37. The summed E-state index contributed by atoms with van der Waals surface area (Å²) in [6.45, 7) is 4.20. The van der Waals surface area contributed by atoms with Gasteiger partial charge in [-0.05, 0) is 41.0 Å². The molecule has 0 radical (unpaired) electrons. The van der Waals surface area contributed by atoms with Crippen LogP contribution in [0.2, 0.25) is 0 Å². The molecule has 1 fully saturated rings. The van der Waals surface area contributed by atoms with Gasteiger partial charge in [0.15, 0.2) is 0 Å². The summed E-state index contributed by atoms with van der Waals surface area (Å²) >= 11 is 0. The van der Waals surface area contributed by atoms with Crippen molar-refractivity contribution >= 4 is 18.0 Å². The molecule has 34 heavy (non-hydrogen) atoms. The fourth-order valence-electron chi connectivity index (χ4n) is 5.09. The highest BCUT2D eigenvalue weighted by Crippen LogP contribution is 2.44. The second kappa shape index (κ2) is 10.3. The van der Waals surface area contributed by atoms with E-state index < -0.39 is 24.1 Å². The van der Waals surface area contributed by atoms with E-state index in [9.17, 15) is 19.5 Å². The fraction of sp³-hybridized carbons (Fsp3) is 0.444. The highest BCUT2D eigenvalue weighted by atomic mass is 16.5. The number of benzene rings is 2. The van der Waals surface area contributed by atoms with Gasteiger partial charge in [-0.2, -0.15) is 0 Å². The molecule has 2 aromatic carbocycles. The molecule has 2 atom stereocenters. The molecule has 2 amide bonds. The minimum atomic E-state index is -1.00. The van der Waals surface area contributed by atoms with Crippen molar-refractivity contribution in [2.75, 3.05) is 13.2 Å². The van der Waals surface area contributed by atoms with Crippen LogP contribution in [0.1, 0.15) is 56.6 Å². The van der Waals surface area contributed by atoms with Crippen molar-refractivity contribution in [3.63, 3.8) is 0 Å². The van der Waals surface area contributed by atoms with Gasteiger partial charge in [0.2, 0.25) is 5.91 Å². The number of carboxylic acids is 1. The van der Waals surface area contributed by atoms with Gasteiger partial charge in [-0.15, -0.1) is 0 Å². The SMILES string of the molecule is CC(C)[C@H](NC(=O)OCC1c2ccccc2-c2ccccc21)C(=O)N1CCCCCC1C(=O)O. The van der Waals surface area contributed by atoms with Crippen LogP contribution in [-0.2, 0) is 14.3 Å². The third-order valence-corrected chi connectivity index (χ3v) is 6.87. The molecular weight excluding hydrogens is 432 g/mol. The maximum Gasteiger partial charge on any atom is 0.407 e. The third-order valence-electron chi connectivity index (χ3n) is 6.87. The Morgan fingerprint density at radius 3 is 2.21 bits per heavy atom. The first-order valence-corrected chi connectivity index (χ1v) is 12.0. The lowest BCUT2D eigenvalue weighted by Crippen LogP contribution is -2.55. The molecule has 4 rings (SSSR count). The second-order valence-electron chi connectivity index (χ2n) is 9.43. The lowest BCUT2D eigenvalue weighted by Gasteiger charge is -2.32. The topological polar surface area (TPSA) is 95.9 Å². The largest absolute Gasteiger partial charge is 0.480 e. The minimum absolute atomic E-state index is 0.0756. The van der Waals surface area contributed by atoms with Crippen molar-refractivity contribution in [3.05, 3.63) is 59.7 Å².